The number of methoxy groups -OCH3 is 1. The molecule has 0 aliphatic carbocycles. The number of aliphatic hydroxyl groups is 1. The summed E-state index contributed by atoms with van der Waals surface area (Å²) in [7, 11) is 1.15. The van der Waals surface area contributed by atoms with Gasteiger partial charge in [0.25, 0.3) is 5.91 Å². The number of alkyl halides is 3. The Kier molecular flexibility index (Phi) is 5.65. The fourth-order valence-corrected chi connectivity index (χ4v) is 3.31. The predicted molar refractivity (Wildman–Crippen MR) is 89.9 cm³/mol. The quantitative estimate of drug-likeness (QED) is 0.754. The van der Waals surface area contributed by atoms with Gasteiger partial charge in [0.1, 0.15) is 17.7 Å². The van der Waals surface area contributed by atoms with E-state index in [0.717, 1.165) is 36.3 Å². The number of halogens is 5. The maximum absolute atomic E-state index is 14.5. The van der Waals surface area contributed by atoms with E-state index in [1.165, 1.54) is 12.1 Å². The van der Waals surface area contributed by atoms with Crippen LogP contribution in [-0.2, 0) is 11.3 Å². The van der Waals surface area contributed by atoms with Gasteiger partial charge in [-0.1, -0.05) is 12.1 Å². The summed E-state index contributed by atoms with van der Waals surface area (Å²) in [6.07, 6.45) is -6.46. The molecule has 2 aromatic rings. The SMILES string of the molecule is COc1c(F)ccc(F)c1C1CC(O)C(=O)N1Cc1ccc(OC(F)(F)F)cc1. The number of benzene rings is 2. The van der Waals surface area contributed by atoms with Crippen molar-refractivity contribution in [2.24, 2.45) is 0 Å². The van der Waals surface area contributed by atoms with E-state index >= 15 is 0 Å². The normalized spacial score (nSPS) is 19.6. The Morgan fingerprint density at radius 1 is 1.10 bits per heavy atom. The number of ether oxygens (including phenoxy) is 2. The molecule has 5 nitrogen and oxygen atoms in total. The van der Waals surface area contributed by atoms with Gasteiger partial charge in [-0.2, -0.15) is 0 Å². The molecule has 0 saturated carbocycles. The standard InChI is InChI=1S/C19H16F5NO4/c1-28-17-13(21)7-6-12(20)16(17)14-8-15(26)18(27)25(14)9-10-2-4-11(5-3-10)29-19(22,23)24/h2-7,14-15,26H,8-9H2,1H3. The fourth-order valence-electron chi connectivity index (χ4n) is 3.31. The number of rotatable bonds is 5. The van der Waals surface area contributed by atoms with Crippen molar-refractivity contribution in [1.82, 2.24) is 4.90 Å². The highest BCUT2D eigenvalue weighted by Gasteiger charge is 2.42. The molecule has 29 heavy (non-hydrogen) atoms. The number of hydrogen-bond donors (Lipinski definition) is 1. The number of carbonyl (C=O) groups is 1. The van der Waals surface area contributed by atoms with Crippen LogP contribution in [0.3, 0.4) is 0 Å². The average Bonchev–Trinajstić information content (AvgIpc) is 2.91. The van der Waals surface area contributed by atoms with Gasteiger partial charge in [0.05, 0.1) is 18.7 Å². The first-order valence-corrected chi connectivity index (χ1v) is 8.46. The molecule has 0 radical (unpaired) electrons. The number of aliphatic hydroxyl groups excluding tert-OH is 1. The lowest BCUT2D eigenvalue weighted by Crippen LogP contribution is -2.31. The van der Waals surface area contributed by atoms with Crippen molar-refractivity contribution in [2.45, 2.75) is 31.5 Å². The molecule has 2 atom stereocenters. The Balaban J connectivity index is 1.90. The minimum atomic E-state index is -4.84. The lowest BCUT2D eigenvalue weighted by molar-refractivity contribution is -0.274. The van der Waals surface area contributed by atoms with Crippen molar-refractivity contribution in [2.75, 3.05) is 7.11 Å². The third kappa shape index (κ3) is 4.42. The predicted octanol–water partition coefficient (Wildman–Crippen LogP) is 3.71. The van der Waals surface area contributed by atoms with Gasteiger partial charge in [-0.15, -0.1) is 13.2 Å². The topological polar surface area (TPSA) is 59.0 Å². The van der Waals surface area contributed by atoms with Crippen molar-refractivity contribution < 1.29 is 41.3 Å². The Bertz CT molecular complexity index is 901. The second kappa shape index (κ2) is 7.86. The molecule has 156 valence electrons. The third-order valence-electron chi connectivity index (χ3n) is 4.53. The molecule has 0 aromatic heterocycles. The van der Waals surface area contributed by atoms with Crippen LogP contribution in [0.1, 0.15) is 23.6 Å². The first kappa shape index (κ1) is 20.8. The highest BCUT2D eigenvalue weighted by atomic mass is 19.4. The summed E-state index contributed by atoms with van der Waals surface area (Å²) in [5.74, 6) is -3.17. The van der Waals surface area contributed by atoms with E-state index in [1.807, 2.05) is 0 Å². The maximum Gasteiger partial charge on any atom is 0.573 e. The molecule has 1 heterocycles. The van der Waals surface area contributed by atoms with Crippen LogP contribution in [-0.4, -0.2) is 35.5 Å². The van der Waals surface area contributed by atoms with Crippen molar-refractivity contribution in [3.63, 3.8) is 0 Å². The van der Waals surface area contributed by atoms with Gasteiger partial charge in [0.15, 0.2) is 11.6 Å². The molecule has 0 bridgehead atoms. The monoisotopic (exact) mass is 417 g/mol. The minimum Gasteiger partial charge on any atom is -0.493 e. The summed E-state index contributed by atoms with van der Waals surface area (Å²) >= 11 is 0. The molecular formula is C19H16F5NO4. The molecular weight excluding hydrogens is 401 g/mol. The van der Waals surface area contributed by atoms with Crippen molar-refractivity contribution in [3.8, 4) is 11.5 Å². The molecule has 1 saturated heterocycles. The summed E-state index contributed by atoms with van der Waals surface area (Å²) in [6, 6.07) is 5.49. The van der Waals surface area contributed by atoms with E-state index in [0.29, 0.717) is 5.56 Å². The molecule has 1 N–H and O–H groups in total. The number of hydrogen-bond acceptors (Lipinski definition) is 4. The molecule has 0 spiro atoms. The van der Waals surface area contributed by atoms with E-state index in [-0.39, 0.29) is 24.3 Å². The van der Waals surface area contributed by atoms with Gasteiger partial charge in [0.2, 0.25) is 0 Å². The van der Waals surface area contributed by atoms with Crippen molar-refractivity contribution in [3.05, 3.63) is 59.2 Å². The number of nitrogens with zero attached hydrogens (tertiary/aromatic N) is 1. The van der Waals surface area contributed by atoms with Crippen LogP contribution in [0, 0.1) is 11.6 Å². The minimum absolute atomic E-state index is 0.147. The Hall–Kier alpha value is -2.88. The molecule has 1 aliphatic heterocycles. The number of carbonyl (C=O) groups excluding carboxylic acids is 1. The van der Waals surface area contributed by atoms with Gasteiger partial charge in [-0.3, -0.25) is 4.79 Å². The van der Waals surface area contributed by atoms with E-state index < -0.39 is 41.8 Å². The Labute approximate surface area is 162 Å². The molecule has 2 unspecified atom stereocenters. The van der Waals surface area contributed by atoms with Crippen LogP contribution in [0.4, 0.5) is 22.0 Å². The lowest BCUT2D eigenvalue weighted by atomic mass is 10.0. The Morgan fingerprint density at radius 2 is 1.72 bits per heavy atom. The van der Waals surface area contributed by atoms with Gasteiger partial charge < -0.3 is 19.5 Å². The molecule has 2 aromatic carbocycles. The second-order valence-corrected chi connectivity index (χ2v) is 6.40. The second-order valence-electron chi connectivity index (χ2n) is 6.40. The molecule has 1 amide bonds. The first-order chi connectivity index (χ1) is 13.6. The lowest BCUT2D eigenvalue weighted by Gasteiger charge is -2.26. The highest BCUT2D eigenvalue weighted by molar-refractivity contribution is 5.83. The maximum atomic E-state index is 14.5. The van der Waals surface area contributed by atoms with Gasteiger partial charge >= 0.3 is 6.36 Å². The fraction of sp³-hybridized carbons (Fsp3) is 0.316. The van der Waals surface area contributed by atoms with Crippen molar-refractivity contribution >= 4 is 5.91 Å². The van der Waals surface area contributed by atoms with Crippen LogP contribution in [0.15, 0.2) is 36.4 Å². The van der Waals surface area contributed by atoms with Crippen LogP contribution < -0.4 is 9.47 Å². The number of likely N-dealkylation sites (tertiary alicyclic amines) is 1. The van der Waals surface area contributed by atoms with E-state index in [1.54, 1.807) is 0 Å². The highest BCUT2D eigenvalue weighted by Crippen LogP contribution is 2.41. The summed E-state index contributed by atoms with van der Waals surface area (Å²) in [5, 5.41) is 9.98. The van der Waals surface area contributed by atoms with Crippen LogP contribution >= 0.6 is 0 Å². The van der Waals surface area contributed by atoms with E-state index in [2.05, 4.69) is 4.74 Å². The average molecular weight is 417 g/mol. The molecule has 1 aliphatic rings. The van der Waals surface area contributed by atoms with Crippen LogP contribution in [0.2, 0.25) is 0 Å². The van der Waals surface area contributed by atoms with Gasteiger partial charge in [0, 0.05) is 13.0 Å². The first-order valence-electron chi connectivity index (χ1n) is 8.46. The molecule has 10 heteroatoms. The van der Waals surface area contributed by atoms with Crippen LogP contribution in [0.25, 0.3) is 0 Å². The summed E-state index contributed by atoms with van der Waals surface area (Å²) in [6.45, 7) is -0.147. The zero-order valence-electron chi connectivity index (χ0n) is 15.0. The van der Waals surface area contributed by atoms with E-state index in [9.17, 15) is 31.9 Å². The number of amides is 1. The largest absolute Gasteiger partial charge is 0.573 e. The van der Waals surface area contributed by atoms with E-state index in [4.69, 9.17) is 4.74 Å². The van der Waals surface area contributed by atoms with Gasteiger partial charge in [-0.05, 0) is 29.8 Å². The smallest absolute Gasteiger partial charge is 0.493 e. The van der Waals surface area contributed by atoms with Gasteiger partial charge in [-0.25, -0.2) is 8.78 Å². The zero-order valence-corrected chi connectivity index (χ0v) is 15.0. The Morgan fingerprint density at radius 3 is 2.31 bits per heavy atom. The molecule has 3 rings (SSSR count). The zero-order chi connectivity index (χ0) is 21.3. The molecule has 1 fully saturated rings. The summed E-state index contributed by atoms with van der Waals surface area (Å²) in [4.78, 5) is 13.5. The summed E-state index contributed by atoms with van der Waals surface area (Å²) < 4.78 is 74.0. The van der Waals surface area contributed by atoms with Crippen molar-refractivity contribution in [1.29, 1.82) is 0 Å². The summed E-state index contributed by atoms with van der Waals surface area (Å²) in [5.41, 5.74) is 0.192. The van der Waals surface area contributed by atoms with Crippen LogP contribution in [0.5, 0.6) is 11.5 Å². The third-order valence-corrected chi connectivity index (χ3v) is 4.53.